The van der Waals surface area contributed by atoms with Gasteiger partial charge in [-0.05, 0) is 42.8 Å². The lowest BCUT2D eigenvalue weighted by Crippen LogP contribution is -2.22. The highest BCUT2D eigenvalue weighted by molar-refractivity contribution is 6.30. The fourth-order valence-electron chi connectivity index (χ4n) is 2.52. The highest BCUT2D eigenvalue weighted by Crippen LogP contribution is 2.24. The molecule has 134 valence electrons. The molecule has 0 bridgehead atoms. The van der Waals surface area contributed by atoms with E-state index in [4.69, 9.17) is 16.3 Å². The lowest BCUT2D eigenvalue weighted by atomic mass is 10.1. The van der Waals surface area contributed by atoms with E-state index < -0.39 is 5.82 Å². The first-order valence-electron chi connectivity index (χ1n) is 7.89. The van der Waals surface area contributed by atoms with Crippen molar-refractivity contribution in [3.63, 3.8) is 0 Å². The molecule has 26 heavy (non-hydrogen) atoms. The second kappa shape index (κ2) is 7.58. The Balaban J connectivity index is 1.76. The standard InChI is InChI=1S/C19H17ClFN3O2/c1-12-10-24(11-23-12)17-6-4-14(8-18(17)26-2)19(25)22-9-13-3-5-16(21)15(20)7-13/h3-8,10-11H,9H2,1-2H3,(H,22,25). The average molecular weight is 374 g/mol. The van der Waals surface area contributed by atoms with Gasteiger partial charge in [0.2, 0.25) is 0 Å². The first-order chi connectivity index (χ1) is 12.5. The third-order valence-corrected chi connectivity index (χ3v) is 4.16. The summed E-state index contributed by atoms with van der Waals surface area (Å²) in [7, 11) is 1.55. The minimum atomic E-state index is -0.489. The van der Waals surface area contributed by atoms with Crippen LogP contribution >= 0.6 is 11.6 Å². The monoisotopic (exact) mass is 373 g/mol. The number of imidazole rings is 1. The number of hydrogen-bond donors (Lipinski definition) is 1. The van der Waals surface area contributed by atoms with E-state index in [2.05, 4.69) is 10.3 Å². The molecule has 0 saturated carbocycles. The normalized spacial score (nSPS) is 10.6. The third kappa shape index (κ3) is 3.86. The first-order valence-corrected chi connectivity index (χ1v) is 8.27. The Bertz CT molecular complexity index is 956. The summed E-state index contributed by atoms with van der Waals surface area (Å²) in [5, 5.41) is 2.81. The summed E-state index contributed by atoms with van der Waals surface area (Å²) >= 11 is 5.75. The van der Waals surface area contributed by atoms with E-state index in [-0.39, 0.29) is 17.5 Å². The van der Waals surface area contributed by atoms with Gasteiger partial charge in [0.1, 0.15) is 11.6 Å². The van der Waals surface area contributed by atoms with E-state index >= 15 is 0 Å². The van der Waals surface area contributed by atoms with Crippen molar-refractivity contribution < 1.29 is 13.9 Å². The van der Waals surface area contributed by atoms with Crippen molar-refractivity contribution in [1.82, 2.24) is 14.9 Å². The van der Waals surface area contributed by atoms with Crippen LogP contribution < -0.4 is 10.1 Å². The van der Waals surface area contributed by atoms with Crippen molar-refractivity contribution in [2.24, 2.45) is 0 Å². The average Bonchev–Trinajstić information content (AvgIpc) is 3.08. The van der Waals surface area contributed by atoms with Gasteiger partial charge < -0.3 is 14.6 Å². The maximum atomic E-state index is 13.2. The molecule has 0 unspecified atom stereocenters. The Morgan fingerprint density at radius 1 is 1.31 bits per heavy atom. The van der Waals surface area contributed by atoms with Gasteiger partial charge in [0, 0.05) is 18.3 Å². The van der Waals surface area contributed by atoms with Gasteiger partial charge in [-0.3, -0.25) is 4.79 Å². The largest absolute Gasteiger partial charge is 0.495 e. The summed E-state index contributed by atoms with van der Waals surface area (Å²) in [5.74, 6) is -0.200. The molecule has 0 aliphatic heterocycles. The minimum Gasteiger partial charge on any atom is -0.495 e. The number of hydrogen-bond acceptors (Lipinski definition) is 3. The van der Waals surface area contributed by atoms with Crippen LogP contribution in [0.2, 0.25) is 5.02 Å². The molecule has 5 nitrogen and oxygen atoms in total. The topological polar surface area (TPSA) is 56.1 Å². The van der Waals surface area contributed by atoms with E-state index in [1.165, 1.54) is 12.1 Å². The number of carbonyl (C=O) groups excluding carboxylic acids is 1. The molecule has 7 heteroatoms. The van der Waals surface area contributed by atoms with E-state index in [1.807, 2.05) is 17.7 Å². The summed E-state index contributed by atoms with van der Waals surface area (Å²) in [5.41, 5.74) is 2.83. The number of ether oxygens (including phenoxy) is 1. The maximum Gasteiger partial charge on any atom is 0.251 e. The molecular weight excluding hydrogens is 357 g/mol. The van der Waals surface area contributed by atoms with Gasteiger partial charge in [-0.1, -0.05) is 17.7 Å². The van der Waals surface area contributed by atoms with Crippen LogP contribution in [-0.4, -0.2) is 22.6 Å². The molecule has 0 radical (unpaired) electrons. The molecule has 0 fully saturated rings. The van der Waals surface area contributed by atoms with Crippen LogP contribution in [0.5, 0.6) is 5.75 Å². The second-order valence-corrected chi connectivity index (χ2v) is 6.15. The molecule has 0 spiro atoms. The highest BCUT2D eigenvalue weighted by Gasteiger charge is 2.12. The van der Waals surface area contributed by atoms with Gasteiger partial charge in [0.05, 0.1) is 29.8 Å². The molecule has 1 N–H and O–H groups in total. The van der Waals surface area contributed by atoms with Gasteiger partial charge in [0.25, 0.3) is 5.91 Å². The SMILES string of the molecule is COc1cc(C(=O)NCc2ccc(F)c(Cl)c2)ccc1-n1cnc(C)c1. The van der Waals surface area contributed by atoms with Crippen LogP contribution in [0.25, 0.3) is 5.69 Å². The molecule has 1 amide bonds. The summed E-state index contributed by atoms with van der Waals surface area (Å²) in [6, 6.07) is 9.50. The van der Waals surface area contributed by atoms with Crippen LogP contribution in [0.1, 0.15) is 21.6 Å². The fraction of sp³-hybridized carbons (Fsp3) is 0.158. The first kappa shape index (κ1) is 17.9. The fourth-order valence-corrected chi connectivity index (χ4v) is 2.72. The Labute approximate surface area is 155 Å². The quantitative estimate of drug-likeness (QED) is 0.737. The van der Waals surface area contributed by atoms with Gasteiger partial charge in [-0.25, -0.2) is 9.37 Å². The van der Waals surface area contributed by atoms with Crippen molar-refractivity contribution in [2.45, 2.75) is 13.5 Å². The molecule has 3 aromatic rings. The predicted molar refractivity (Wildman–Crippen MR) is 97.4 cm³/mol. The zero-order valence-electron chi connectivity index (χ0n) is 14.3. The number of aromatic nitrogens is 2. The molecule has 0 saturated heterocycles. The van der Waals surface area contributed by atoms with Crippen LogP contribution in [0.15, 0.2) is 48.9 Å². The minimum absolute atomic E-state index is 0.0263. The molecule has 1 heterocycles. The van der Waals surface area contributed by atoms with Crippen LogP contribution in [0.3, 0.4) is 0 Å². The van der Waals surface area contributed by atoms with Crippen molar-refractivity contribution in [1.29, 1.82) is 0 Å². The second-order valence-electron chi connectivity index (χ2n) is 5.74. The molecule has 0 atom stereocenters. The zero-order valence-corrected chi connectivity index (χ0v) is 15.0. The number of benzene rings is 2. The van der Waals surface area contributed by atoms with Gasteiger partial charge >= 0.3 is 0 Å². The molecule has 0 aliphatic carbocycles. The van der Waals surface area contributed by atoms with E-state index in [1.54, 1.807) is 37.7 Å². The summed E-state index contributed by atoms with van der Waals surface area (Å²) < 4.78 is 20.4. The number of rotatable bonds is 5. The number of halogens is 2. The zero-order chi connectivity index (χ0) is 18.7. The number of nitrogens with zero attached hydrogens (tertiary/aromatic N) is 2. The Morgan fingerprint density at radius 3 is 2.77 bits per heavy atom. The van der Waals surface area contributed by atoms with Gasteiger partial charge in [-0.15, -0.1) is 0 Å². The third-order valence-electron chi connectivity index (χ3n) is 3.87. The predicted octanol–water partition coefficient (Wildman–Crippen LogP) is 3.91. The molecule has 0 aliphatic rings. The van der Waals surface area contributed by atoms with Crippen LogP contribution in [0.4, 0.5) is 4.39 Å². The molecule has 3 rings (SSSR count). The van der Waals surface area contributed by atoms with Crippen LogP contribution in [-0.2, 0) is 6.54 Å². The Morgan fingerprint density at radius 2 is 2.12 bits per heavy atom. The number of carbonyl (C=O) groups is 1. The van der Waals surface area contributed by atoms with Crippen molar-refractivity contribution >= 4 is 17.5 Å². The molecule has 1 aromatic heterocycles. The van der Waals surface area contributed by atoms with Crippen molar-refractivity contribution in [2.75, 3.05) is 7.11 Å². The van der Waals surface area contributed by atoms with E-state index in [9.17, 15) is 9.18 Å². The van der Waals surface area contributed by atoms with E-state index in [0.717, 1.165) is 11.4 Å². The number of amides is 1. The highest BCUT2D eigenvalue weighted by atomic mass is 35.5. The van der Waals surface area contributed by atoms with Gasteiger partial charge in [0.15, 0.2) is 0 Å². The molecule has 2 aromatic carbocycles. The lowest BCUT2D eigenvalue weighted by Gasteiger charge is -2.12. The van der Waals surface area contributed by atoms with Gasteiger partial charge in [-0.2, -0.15) is 0 Å². The summed E-state index contributed by atoms with van der Waals surface area (Å²) in [4.78, 5) is 16.6. The number of nitrogens with one attached hydrogen (secondary N) is 1. The van der Waals surface area contributed by atoms with E-state index in [0.29, 0.717) is 16.9 Å². The smallest absolute Gasteiger partial charge is 0.251 e. The van der Waals surface area contributed by atoms with Crippen LogP contribution in [0, 0.1) is 12.7 Å². The number of methoxy groups -OCH3 is 1. The summed E-state index contributed by atoms with van der Waals surface area (Å²) in [6.07, 6.45) is 3.56. The van der Waals surface area contributed by atoms with Crippen molar-refractivity contribution in [3.8, 4) is 11.4 Å². The molecular formula is C19H17ClFN3O2. The number of aryl methyl sites for hydroxylation is 1. The summed E-state index contributed by atoms with van der Waals surface area (Å²) in [6.45, 7) is 2.14. The Kier molecular flexibility index (Phi) is 5.23. The Hall–Kier alpha value is -2.86. The van der Waals surface area contributed by atoms with Crippen molar-refractivity contribution in [3.05, 3.63) is 76.6 Å². The lowest BCUT2D eigenvalue weighted by molar-refractivity contribution is 0.0950. The maximum absolute atomic E-state index is 13.2.